The standard InChI is InChI=1S/C15H12F2N2O4S/c16-11-8-9(4-5-12(11)18)24(22,23)15(6-7-15)10-2-1-3-13(14(10)17)19(20)21/h1-5,8H,6-7,18H2. The molecule has 0 aliphatic heterocycles. The number of halogens is 2. The van der Waals surface area contributed by atoms with Gasteiger partial charge in [0.05, 0.1) is 15.5 Å². The number of nitro groups is 1. The third-order valence-electron chi connectivity index (χ3n) is 4.17. The lowest BCUT2D eigenvalue weighted by Crippen LogP contribution is -2.23. The molecule has 2 N–H and O–H groups in total. The lowest BCUT2D eigenvalue weighted by atomic mass is 10.1. The van der Waals surface area contributed by atoms with Crippen LogP contribution >= 0.6 is 0 Å². The molecular weight excluding hydrogens is 342 g/mol. The van der Waals surface area contributed by atoms with Gasteiger partial charge in [-0.3, -0.25) is 10.1 Å². The van der Waals surface area contributed by atoms with Crippen molar-refractivity contribution < 1.29 is 22.1 Å². The van der Waals surface area contributed by atoms with E-state index in [4.69, 9.17) is 5.73 Å². The average Bonchev–Trinajstić information content (AvgIpc) is 3.32. The molecule has 0 spiro atoms. The zero-order chi connectivity index (χ0) is 17.7. The molecule has 2 aromatic carbocycles. The molecule has 0 unspecified atom stereocenters. The summed E-state index contributed by atoms with van der Waals surface area (Å²) in [6.07, 6.45) is 0.193. The fourth-order valence-electron chi connectivity index (χ4n) is 2.71. The summed E-state index contributed by atoms with van der Waals surface area (Å²) in [7, 11) is -4.14. The van der Waals surface area contributed by atoms with Gasteiger partial charge in [0.15, 0.2) is 9.84 Å². The normalized spacial score (nSPS) is 15.9. The number of benzene rings is 2. The molecule has 1 fully saturated rings. The molecule has 2 aromatic rings. The molecule has 0 radical (unpaired) electrons. The molecule has 0 saturated heterocycles. The zero-order valence-electron chi connectivity index (χ0n) is 12.2. The minimum Gasteiger partial charge on any atom is -0.396 e. The number of nitrogens with two attached hydrogens (primary N) is 1. The highest BCUT2D eigenvalue weighted by atomic mass is 32.2. The average molecular weight is 354 g/mol. The van der Waals surface area contributed by atoms with Gasteiger partial charge in [-0.05, 0) is 31.0 Å². The van der Waals surface area contributed by atoms with Crippen molar-refractivity contribution in [1.29, 1.82) is 0 Å². The van der Waals surface area contributed by atoms with Crippen molar-refractivity contribution >= 4 is 21.2 Å². The zero-order valence-corrected chi connectivity index (χ0v) is 13.0. The molecule has 0 heterocycles. The summed E-state index contributed by atoms with van der Waals surface area (Å²) in [6.45, 7) is 0. The molecule has 9 heteroatoms. The predicted molar refractivity (Wildman–Crippen MR) is 82.0 cm³/mol. The maximum atomic E-state index is 14.4. The SMILES string of the molecule is Nc1ccc(S(=O)(=O)C2(c3cccc([N+](=O)[O-])c3F)CC2)cc1F. The van der Waals surface area contributed by atoms with E-state index < -0.39 is 36.8 Å². The van der Waals surface area contributed by atoms with Gasteiger partial charge in [0, 0.05) is 11.6 Å². The monoisotopic (exact) mass is 354 g/mol. The first-order valence-electron chi connectivity index (χ1n) is 6.94. The Morgan fingerprint density at radius 1 is 1.17 bits per heavy atom. The second-order valence-electron chi connectivity index (χ2n) is 5.58. The number of hydrogen-bond donors (Lipinski definition) is 1. The minimum absolute atomic E-state index is 0.0966. The van der Waals surface area contributed by atoms with E-state index in [0.717, 1.165) is 24.3 Å². The molecule has 0 amide bonds. The van der Waals surface area contributed by atoms with E-state index in [1.165, 1.54) is 12.1 Å². The molecule has 6 nitrogen and oxygen atoms in total. The van der Waals surface area contributed by atoms with Gasteiger partial charge in [0.1, 0.15) is 10.6 Å². The fourth-order valence-corrected chi connectivity index (χ4v) is 4.75. The number of nitro benzene ring substituents is 1. The van der Waals surface area contributed by atoms with Crippen molar-refractivity contribution in [2.75, 3.05) is 5.73 Å². The molecule has 0 bridgehead atoms. The van der Waals surface area contributed by atoms with Gasteiger partial charge in [0.2, 0.25) is 5.82 Å². The maximum absolute atomic E-state index is 14.4. The summed E-state index contributed by atoms with van der Waals surface area (Å²) in [5.41, 5.74) is 4.07. The lowest BCUT2D eigenvalue weighted by Gasteiger charge is -2.18. The third kappa shape index (κ3) is 2.23. The lowest BCUT2D eigenvalue weighted by molar-refractivity contribution is -0.387. The van der Waals surface area contributed by atoms with Crippen molar-refractivity contribution in [2.24, 2.45) is 0 Å². The van der Waals surface area contributed by atoms with Gasteiger partial charge in [-0.15, -0.1) is 0 Å². The van der Waals surface area contributed by atoms with E-state index in [0.29, 0.717) is 0 Å². The minimum atomic E-state index is -4.14. The van der Waals surface area contributed by atoms with Crippen LogP contribution in [0.25, 0.3) is 0 Å². The van der Waals surface area contributed by atoms with Crippen molar-refractivity contribution in [2.45, 2.75) is 22.5 Å². The first kappa shape index (κ1) is 16.3. The van der Waals surface area contributed by atoms with Gasteiger partial charge in [-0.25, -0.2) is 12.8 Å². The Kier molecular flexibility index (Phi) is 3.56. The van der Waals surface area contributed by atoms with E-state index >= 15 is 0 Å². The van der Waals surface area contributed by atoms with Crippen molar-refractivity contribution in [1.82, 2.24) is 0 Å². The maximum Gasteiger partial charge on any atom is 0.305 e. The second kappa shape index (κ2) is 5.23. The second-order valence-corrected chi connectivity index (χ2v) is 7.84. The summed E-state index contributed by atoms with van der Waals surface area (Å²) in [6, 6.07) is 6.44. The van der Waals surface area contributed by atoms with Crippen LogP contribution in [0.5, 0.6) is 0 Å². The largest absolute Gasteiger partial charge is 0.396 e. The van der Waals surface area contributed by atoms with Crippen LogP contribution in [0.1, 0.15) is 18.4 Å². The smallest absolute Gasteiger partial charge is 0.305 e. The molecular formula is C15H12F2N2O4S. The molecule has 3 rings (SSSR count). The Balaban J connectivity index is 2.16. The number of rotatable bonds is 4. The molecule has 1 aliphatic carbocycles. The Bertz CT molecular complexity index is 956. The van der Waals surface area contributed by atoms with E-state index in [1.807, 2.05) is 0 Å². The molecule has 126 valence electrons. The Labute approximate surface area is 136 Å². The molecule has 24 heavy (non-hydrogen) atoms. The highest BCUT2D eigenvalue weighted by Gasteiger charge is 2.58. The fraction of sp³-hybridized carbons (Fsp3) is 0.200. The van der Waals surface area contributed by atoms with Crippen molar-refractivity contribution in [3.05, 3.63) is 63.7 Å². The number of sulfone groups is 1. The summed E-state index contributed by atoms with van der Waals surface area (Å²) in [5, 5.41) is 10.9. The van der Waals surface area contributed by atoms with Gasteiger partial charge in [0.25, 0.3) is 0 Å². The van der Waals surface area contributed by atoms with Gasteiger partial charge in [-0.1, -0.05) is 12.1 Å². The number of nitrogens with zero attached hydrogens (tertiary/aromatic N) is 1. The summed E-state index contributed by atoms with van der Waals surface area (Å²) < 4.78 is 52.2. The predicted octanol–water partition coefficient (Wildman–Crippen LogP) is 2.92. The molecule has 0 atom stereocenters. The Morgan fingerprint density at radius 3 is 2.38 bits per heavy atom. The van der Waals surface area contributed by atoms with E-state index in [9.17, 15) is 27.3 Å². The van der Waals surface area contributed by atoms with Crippen LogP contribution in [0.4, 0.5) is 20.2 Å². The Morgan fingerprint density at radius 2 is 1.83 bits per heavy atom. The van der Waals surface area contributed by atoms with Crippen LogP contribution in [-0.4, -0.2) is 13.3 Å². The highest BCUT2D eigenvalue weighted by Crippen LogP contribution is 2.56. The molecule has 0 aromatic heterocycles. The van der Waals surface area contributed by atoms with Crippen LogP contribution in [0, 0.1) is 21.7 Å². The first-order valence-corrected chi connectivity index (χ1v) is 8.42. The van der Waals surface area contributed by atoms with E-state index in [2.05, 4.69) is 0 Å². The van der Waals surface area contributed by atoms with Crippen LogP contribution in [0.2, 0.25) is 0 Å². The number of hydrogen-bond acceptors (Lipinski definition) is 5. The summed E-state index contributed by atoms with van der Waals surface area (Å²) >= 11 is 0. The Hall–Kier alpha value is -2.55. The van der Waals surface area contributed by atoms with Crippen LogP contribution in [0.15, 0.2) is 41.3 Å². The van der Waals surface area contributed by atoms with Crippen LogP contribution in [0.3, 0.4) is 0 Å². The van der Waals surface area contributed by atoms with E-state index in [1.54, 1.807) is 0 Å². The summed E-state index contributed by atoms with van der Waals surface area (Å²) in [5.74, 6) is -2.08. The molecule has 1 aliphatic rings. The molecule has 1 saturated carbocycles. The van der Waals surface area contributed by atoms with Crippen LogP contribution in [-0.2, 0) is 14.6 Å². The van der Waals surface area contributed by atoms with Crippen LogP contribution < -0.4 is 5.73 Å². The van der Waals surface area contributed by atoms with Gasteiger partial charge >= 0.3 is 5.69 Å². The third-order valence-corrected chi connectivity index (χ3v) is 6.70. The van der Waals surface area contributed by atoms with E-state index in [-0.39, 0.29) is 29.0 Å². The summed E-state index contributed by atoms with van der Waals surface area (Å²) in [4.78, 5) is 9.63. The highest BCUT2D eigenvalue weighted by molar-refractivity contribution is 7.92. The quantitative estimate of drug-likeness (QED) is 0.516. The van der Waals surface area contributed by atoms with Crippen molar-refractivity contribution in [3.63, 3.8) is 0 Å². The van der Waals surface area contributed by atoms with Crippen molar-refractivity contribution in [3.8, 4) is 0 Å². The van der Waals surface area contributed by atoms with Gasteiger partial charge < -0.3 is 5.73 Å². The van der Waals surface area contributed by atoms with Gasteiger partial charge in [-0.2, -0.15) is 4.39 Å². The topological polar surface area (TPSA) is 103 Å². The number of anilines is 1. The number of nitrogen functional groups attached to an aromatic ring is 1. The first-order chi connectivity index (χ1) is 11.2.